The van der Waals surface area contributed by atoms with Crippen LogP contribution in [0, 0.1) is 0 Å². The van der Waals surface area contributed by atoms with Crippen molar-refractivity contribution < 1.29 is 9.53 Å². The average molecular weight is 351 g/mol. The van der Waals surface area contributed by atoms with E-state index in [1.807, 2.05) is 25.2 Å². The summed E-state index contributed by atoms with van der Waals surface area (Å²) in [7, 11) is 7.07. The van der Waals surface area contributed by atoms with Gasteiger partial charge in [0, 0.05) is 49.4 Å². The van der Waals surface area contributed by atoms with Gasteiger partial charge in [-0.15, -0.1) is 0 Å². The molecular formula is C21H25N3O2. The molecule has 5 nitrogen and oxygen atoms in total. The fraction of sp³-hybridized carbons (Fsp3) is 0.286. The molecule has 0 aliphatic rings. The molecule has 136 valence electrons. The molecule has 0 radical (unpaired) electrons. The zero-order valence-corrected chi connectivity index (χ0v) is 15.9. The van der Waals surface area contributed by atoms with Crippen LogP contribution in [0.4, 0.5) is 5.69 Å². The highest BCUT2D eigenvalue weighted by Gasteiger charge is 2.17. The van der Waals surface area contributed by atoms with Crippen molar-refractivity contribution in [2.75, 3.05) is 33.6 Å². The Balaban J connectivity index is 2.26. The molecular weight excluding hydrogens is 326 g/mol. The van der Waals surface area contributed by atoms with E-state index in [1.165, 1.54) is 5.56 Å². The number of amides is 1. The van der Waals surface area contributed by atoms with Gasteiger partial charge in [-0.2, -0.15) is 0 Å². The Hall–Kier alpha value is -2.95. The number of ether oxygens (including phenoxy) is 1. The smallest absolute Gasteiger partial charge is 0.269 e. The molecule has 0 spiro atoms. The minimum atomic E-state index is -0.0392. The van der Waals surface area contributed by atoms with Crippen molar-refractivity contribution >= 4 is 22.5 Å². The van der Waals surface area contributed by atoms with Crippen LogP contribution in [0.1, 0.15) is 23.0 Å². The molecule has 26 heavy (non-hydrogen) atoms. The van der Waals surface area contributed by atoms with Crippen molar-refractivity contribution in [1.82, 2.24) is 9.88 Å². The highest BCUT2D eigenvalue weighted by molar-refractivity contribution is 6.04. The maximum absolute atomic E-state index is 12.4. The van der Waals surface area contributed by atoms with Crippen molar-refractivity contribution in [2.24, 2.45) is 0 Å². The predicted octanol–water partition coefficient (Wildman–Crippen LogP) is 4.15. The van der Waals surface area contributed by atoms with E-state index in [0.717, 1.165) is 39.9 Å². The second kappa shape index (κ2) is 7.12. The molecule has 2 aromatic carbocycles. The van der Waals surface area contributed by atoms with Gasteiger partial charge in [0.2, 0.25) is 0 Å². The molecule has 0 bridgehead atoms. The monoisotopic (exact) mass is 351 g/mol. The van der Waals surface area contributed by atoms with E-state index < -0.39 is 0 Å². The number of carbonyl (C=O) groups is 1. The van der Waals surface area contributed by atoms with Gasteiger partial charge in [-0.1, -0.05) is 13.0 Å². The third-order valence-electron chi connectivity index (χ3n) is 4.62. The number of nitrogens with one attached hydrogen (secondary N) is 2. The Morgan fingerprint density at radius 1 is 1.15 bits per heavy atom. The molecule has 0 aliphatic heterocycles. The van der Waals surface area contributed by atoms with Crippen LogP contribution in [0.15, 0.2) is 36.4 Å². The molecule has 0 fully saturated rings. The minimum Gasteiger partial charge on any atom is -0.496 e. The number of hydrogen-bond acceptors (Lipinski definition) is 3. The number of aryl methyl sites for hydroxylation is 1. The summed E-state index contributed by atoms with van der Waals surface area (Å²) in [5.74, 6) is 0.760. The zero-order chi connectivity index (χ0) is 18.8. The van der Waals surface area contributed by atoms with Gasteiger partial charge < -0.3 is 19.9 Å². The molecule has 0 aliphatic carbocycles. The van der Waals surface area contributed by atoms with Crippen LogP contribution in [0.2, 0.25) is 0 Å². The van der Waals surface area contributed by atoms with E-state index in [2.05, 4.69) is 35.4 Å². The van der Waals surface area contributed by atoms with E-state index in [9.17, 15) is 4.79 Å². The number of fused-ring (bicyclic) bond motifs is 1. The van der Waals surface area contributed by atoms with Crippen molar-refractivity contribution in [1.29, 1.82) is 0 Å². The Morgan fingerprint density at radius 2 is 1.92 bits per heavy atom. The second-order valence-electron chi connectivity index (χ2n) is 6.51. The van der Waals surface area contributed by atoms with Crippen molar-refractivity contribution in [3.05, 3.63) is 47.7 Å². The highest BCUT2D eigenvalue weighted by atomic mass is 16.5. The largest absolute Gasteiger partial charge is 0.496 e. The first-order valence-electron chi connectivity index (χ1n) is 8.72. The number of hydrogen-bond donors (Lipinski definition) is 2. The summed E-state index contributed by atoms with van der Waals surface area (Å²) in [4.78, 5) is 17.2. The third-order valence-corrected chi connectivity index (χ3v) is 4.62. The third kappa shape index (κ3) is 3.12. The van der Waals surface area contributed by atoms with Gasteiger partial charge in [0.25, 0.3) is 5.91 Å². The summed E-state index contributed by atoms with van der Waals surface area (Å²) in [5, 5.41) is 4.15. The summed E-state index contributed by atoms with van der Waals surface area (Å²) in [6, 6.07) is 12.3. The molecule has 3 aromatic rings. The molecule has 1 amide bonds. The van der Waals surface area contributed by atoms with Crippen molar-refractivity contribution in [2.45, 2.75) is 13.3 Å². The quantitative estimate of drug-likeness (QED) is 0.726. The molecule has 0 unspecified atom stereocenters. The second-order valence-corrected chi connectivity index (χ2v) is 6.51. The van der Waals surface area contributed by atoms with Crippen LogP contribution in [0.5, 0.6) is 5.75 Å². The van der Waals surface area contributed by atoms with Gasteiger partial charge in [-0.05, 0) is 41.8 Å². The topological polar surface area (TPSA) is 57.4 Å². The Kier molecular flexibility index (Phi) is 4.89. The maximum atomic E-state index is 12.4. The summed E-state index contributed by atoms with van der Waals surface area (Å²) in [6.07, 6.45) is 0.913. The molecule has 1 aromatic heterocycles. The number of benzene rings is 2. The fourth-order valence-corrected chi connectivity index (χ4v) is 3.15. The van der Waals surface area contributed by atoms with Crippen molar-refractivity contribution in [3.63, 3.8) is 0 Å². The Morgan fingerprint density at radius 3 is 2.54 bits per heavy atom. The van der Waals surface area contributed by atoms with Crippen LogP contribution in [0.3, 0.4) is 0 Å². The molecule has 5 heteroatoms. The first-order chi connectivity index (χ1) is 12.5. The SMILES string of the molecule is CCc1cc(-c2ccc(NC)cc2OC)c2cc(C(=O)N(C)C)[nH]c2c1. The normalized spacial score (nSPS) is 10.8. The van der Waals surface area contributed by atoms with Gasteiger partial charge in [-0.3, -0.25) is 4.79 Å². The summed E-state index contributed by atoms with van der Waals surface area (Å²) in [6.45, 7) is 2.13. The predicted molar refractivity (Wildman–Crippen MR) is 107 cm³/mol. The summed E-state index contributed by atoms with van der Waals surface area (Å²) < 4.78 is 5.63. The van der Waals surface area contributed by atoms with Crippen LogP contribution in [-0.2, 0) is 6.42 Å². The van der Waals surface area contributed by atoms with Gasteiger partial charge >= 0.3 is 0 Å². The first kappa shape index (κ1) is 17.9. The number of H-pyrrole nitrogens is 1. The molecule has 0 saturated heterocycles. The van der Waals surface area contributed by atoms with E-state index in [4.69, 9.17) is 4.74 Å². The number of carbonyl (C=O) groups excluding carboxylic acids is 1. The van der Waals surface area contributed by atoms with Crippen molar-refractivity contribution in [3.8, 4) is 16.9 Å². The number of nitrogens with zero attached hydrogens (tertiary/aromatic N) is 1. The Bertz CT molecular complexity index is 957. The summed E-state index contributed by atoms with van der Waals surface area (Å²) >= 11 is 0. The lowest BCUT2D eigenvalue weighted by atomic mass is 9.97. The molecule has 2 N–H and O–H groups in total. The number of anilines is 1. The van der Waals surface area contributed by atoms with Gasteiger partial charge in [-0.25, -0.2) is 0 Å². The number of rotatable bonds is 5. The van der Waals surface area contributed by atoms with Crippen LogP contribution < -0.4 is 10.1 Å². The standard InChI is InChI=1S/C21H25N3O2/c1-6-13-9-16(15-8-7-14(22-2)11-20(15)26-5)17-12-19(21(25)24(3)4)23-18(17)10-13/h7-12,22-23H,6H2,1-5H3. The molecule has 3 rings (SSSR count). The van der Waals surface area contributed by atoms with Gasteiger partial charge in [0.15, 0.2) is 0 Å². The van der Waals surface area contributed by atoms with Crippen LogP contribution in [0.25, 0.3) is 22.0 Å². The minimum absolute atomic E-state index is 0.0392. The van der Waals surface area contributed by atoms with E-state index >= 15 is 0 Å². The molecule has 0 saturated carbocycles. The van der Waals surface area contributed by atoms with Gasteiger partial charge in [0.05, 0.1) is 7.11 Å². The van der Waals surface area contributed by atoms with Crippen LogP contribution >= 0.6 is 0 Å². The van der Waals surface area contributed by atoms with Gasteiger partial charge in [0.1, 0.15) is 11.4 Å². The number of aromatic nitrogens is 1. The number of methoxy groups -OCH3 is 1. The number of aromatic amines is 1. The van der Waals surface area contributed by atoms with E-state index in [1.54, 1.807) is 26.1 Å². The lowest BCUT2D eigenvalue weighted by molar-refractivity contribution is 0.0823. The Labute approximate surface area is 154 Å². The summed E-state index contributed by atoms with van der Waals surface area (Å²) in [5.41, 5.74) is 5.82. The fourth-order valence-electron chi connectivity index (χ4n) is 3.15. The zero-order valence-electron chi connectivity index (χ0n) is 15.9. The van der Waals surface area contributed by atoms with E-state index in [-0.39, 0.29) is 5.91 Å². The molecule has 1 heterocycles. The maximum Gasteiger partial charge on any atom is 0.269 e. The lowest BCUT2D eigenvalue weighted by Gasteiger charge is -2.13. The van der Waals surface area contributed by atoms with E-state index in [0.29, 0.717) is 5.69 Å². The average Bonchev–Trinajstić information content (AvgIpc) is 3.09. The van der Waals surface area contributed by atoms with Crippen LogP contribution in [-0.4, -0.2) is 44.0 Å². The highest BCUT2D eigenvalue weighted by Crippen LogP contribution is 2.38. The lowest BCUT2D eigenvalue weighted by Crippen LogP contribution is -2.21. The first-order valence-corrected chi connectivity index (χ1v) is 8.72. The molecule has 0 atom stereocenters.